The predicted octanol–water partition coefficient (Wildman–Crippen LogP) is 3.31. The van der Waals surface area contributed by atoms with Gasteiger partial charge in [-0.2, -0.15) is 0 Å². The van der Waals surface area contributed by atoms with Gasteiger partial charge >= 0.3 is 6.03 Å². The molecule has 1 heterocycles. The van der Waals surface area contributed by atoms with E-state index in [4.69, 9.17) is 4.74 Å². The highest BCUT2D eigenvalue weighted by Crippen LogP contribution is 2.33. The minimum Gasteiger partial charge on any atom is -0.394 e. The van der Waals surface area contributed by atoms with Crippen LogP contribution in [0.3, 0.4) is 0 Å². The molecular weight excluding hydrogens is 316 g/mol. The number of ether oxygens (including phenoxy) is 1. The molecule has 0 radical (unpaired) electrons. The van der Waals surface area contributed by atoms with Crippen LogP contribution in [0, 0.1) is 12.8 Å². The van der Waals surface area contributed by atoms with Gasteiger partial charge in [-0.15, -0.1) is 0 Å². The molecule has 5 heteroatoms. The van der Waals surface area contributed by atoms with Crippen LogP contribution in [0.1, 0.15) is 56.8 Å². The Bertz CT molecular complexity index is 546. The summed E-state index contributed by atoms with van der Waals surface area (Å²) in [6, 6.07) is 8.20. The molecule has 2 rings (SSSR count). The maximum atomic E-state index is 12.2. The van der Waals surface area contributed by atoms with Crippen LogP contribution in [0.15, 0.2) is 24.3 Å². The maximum absolute atomic E-state index is 12.2. The number of aryl methyl sites for hydroxylation is 1. The molecule has 0 aromatic heterocycles. The van der Waals surface area contributed by atoms with Crippen molar-refractivity contribution < 1.29 is 14.6 Å². The van der Waals surface area contributed by atoms with E-state index in [9.17, 15) is 9.90 Å². The average molecular weight is 348 g/mol. The van der Waals surface area contributed by atoms with Crippen LogP contribution in [0.5, 0.6) is 0 Å². The summed E-state index contributed by atoms with van der Waals surface area (Å²) >= 11 is 0. The van der Waals surface area contributed by atoms with Crippen LogP contribution < -0.4 is 10.6 Å². The maximum Gasteiger partial charge on any atom is 0.315 e. The lowest BCUT2D eigenvalue weighted by Crippen LogP contribution is -2.53. The Balaban J connectivity index is 1.93. The van der Waals surface area contributed by atoms with Crippen molar-refractivity contribution in [1.82, 2.24) is 10.6 Å². The number of aliphatic hydroxyl groups excluding tert-OH is 1. The first-order valence-corrected chi connectivity index (χ1v) is 9.32. The van der Waals surface area contributed by atoms with Crippen LogP contribution in [-0.4, -0.2) is 36.4 Å². The summed E-state index contributed by atoms with van der Waals surface area (Å²) in [6.45, 7) is 7.25. The average Bonchev–Trinajstić information content (AvgIpc) is 2.61. The molecule has 0 aliphatic carbocycles. The normalized spacial score (nSPS) is 22.9. The van der Waals surface area contributed by atoms with Gasteiger partial charge in [-0.1, -0.05) is 43.2 Å². The second-order valence-electron chi connectivity index (χ2n) is 7.41. The molecule has 3 unspecified atom stereocenters. The van der Waals surface area contributed by atoms with Gasteiger partial charge in [0.2, 0.25) is 0 Å². The first kappa shape index (κ1) is 19.7. The van der Waals surface area contributed by atoms with Gasteiger partial charge < -0.3 is 20.5 Å². The smallest absolute Gasteiger partial charge is 0.315 e. The van der Waals surface area contributed by atoms with E-state index in [0.29, 0.717) is 6.54 Å². The van der Waals surface area contributed by atoms with Crippen LogP contribution in [0.25, 0.3) is 0 Å². The number of hydrogen-bond donors (Lipinski definition) is 3. The van der Waals surface area contributed by atoms with Crippen molar-refractivity contribution in [3.05, 3.63) is 35.4 Å². The van der Waals surface area contributed by atoms with E-state index in [0.717, 1.165) is 32.3 Å². The Hall–Kier alpha value is -1.59. The molecule has 140 valence electrons. The lowest BCUT2D eigenvalue weighted by atomic mass is 9.89. The number of carbonyl (C=O) groups excluding carboxylic acids is 1. The second kappa shape index (κ2) is 9.20. The number of benzene rings is 1. The van der Waals surface area contributed by atoms with E-state index in [-0.39, 0.29) is 24.7 Å². The summed E-state index contributed by atoms with van der Waals surface area (Å²) in [6.07, 6.45) is 3.72. The van der Waals surface area contributed by atoms with Crippen molar-refractivity contribution in [2.45, 2.75) is 58.1 Å². The summed E-state index contributed by atoms with van der Waals surface area (Å²) < 4.78 is 6.00. The number of rotatable bonds is 7. The number of carbonyl (C=O) groups is 1. The third kappa shape index (κ3) is 5.72. The lowest BCUT2D eigenvalue weighted by molar-refractivity contribution is -0.0269. The molecule has 1 saturated heterocycles. The van der Waals surface area contributed by atoms with Gasteiger partial charge in [-0.05, 0) is 38.7 Å². The number of aliphatic hydroxyl groups is 1. The molecule has 1 aliphatic heterocycles. The van der Waals surface area contributed by atoms with E-state index in [2.05, 4.69) is 41.8 Å². The fraction of sp³-hybridized carbons (Fsp3) is 0.650. The molecule has 1 fully saturated rings. The Morgan fingerprint density at radius 2 is 2.08 bits per heavy atom. The fourth-order valence-corrected chi connectivity index (χ4v) is 3.45. The molecule has 3 N–H and O–H groups in total. The zero-order valence-corrected chi connectivity index (χ0v) is 15.7. The predicted molar refractivity (Wildman–Crippen MR) is 99.5 cm³/mol. The van der Waals surface area contributed by atoms with Gasteiger partial charge in [0.25, 0.3) is 0 Å². The fourth-order valence-electron chi connectivity index (χ4n) is 3.45. The van der Waals surface area contributed by atoms with Gasteiger partial charge in [0.05, 0.1) is 18.2 Å². The molecule has 5 nitrogen and oxygen atoms in total. The SMILES string of the molecule is CCCC(C)(CO)NC(=O)NCC1CCCOC1c1ccc(C)cc1. The Morgan fingerprint density at radius 3 is 2.72 bits per heavy atom. The van der Waals surface area contributed by atoms with Crippen molar-refractivity contribution in [2.75, 3.05) is 19.8 Å². The highest BCUT2D eigenvalue weighted by molar-refractivity contribution is 5.74. The molecule has 0 spiro atoms. The van der Waals surface area contributed by atoms with E-state index >= 15 is 0 Å². The molecule has 25 heavy (non-hydrogen) atoms. The number of urea groups is 1. The van der Waals surface area contributed by atoms with Crippen molar-refractivity contribution in [3.8, 4) is 0 Å². The zero-order chi connectivity index (χ0) is 18.3. The molecule has 3 atom stereocenters. The van der Waals surface area contributed by atoms with E-state index < -0.39 is 5.54 Å². The van der Waals surface area contributed by atoms with Gasteiger partial charge in [0.1, 0.15) is 0 Å². The number of hydrogen-bond acceptors (Lipinski definition) is 3. The zero-order valence-electron chi connectivity index (χ0n) is 15.7. The third-order valence-corrected chi connectivity index (χ3v) is 4.94. The summed E-state index contributed by atoms with van der Waals surface area (Å²) in [7, 11) is 0. The molecule has 0 saturated carbocycles. The summed E-state index contributed by atoms with van der Waals surface area (Å²) in [4.78, 5) is 12.2. The largest absolute Gasteiger partial charge is 0.394 e. The third-order valence-electron chi connectivity index (χ3n) is 4.94. The monoisotopic (exact) mass is 348 g/mol. The topological polar surface area (TPSA) is 70.6 Å². The van der Waals surface area contributed by atoms with Crippen LogP contribution >= 0.6 is 0 Å². The highest BCUT2D eigenvalue weighted by Gasteiger charge is 2.29. The van der Waals surface area contributed by atoms with Crippen molar-refractivity contribution in [1.29, 1.82) is 0 Å². The molecule has 1 aromatic carbocycles. The molecule has 0 bridgehead atoms. The summed E-state index contributed by atoms with van der Waals surface area (Å²) in [5.41, 5.74) is 1.83. The van der Waals surface area contributed by atoms with E-state index in [1.54, 1.807) is 0 Å². The highest BCUT2D eigenvalue weighted by atomic mass is 16.5. The first-order chi connectivity index (χ1) is 12.0. The standard InChI is InChI=1S/C20H32N2O3/c1-4-11-20(3,14-23)22-19(24)21-13-17-6-5-12-25-18(17)16-9-7-15(2)8-10-16/h7-10,17-18,23H,4-6,11-14H2,1-3H3,(H2,21,22,24). The molecular formula is C20H32N2O3. The number of amides is 2. The summed E-state index contributed by atoms with van der Waals surface area (Å²) in [5.74, 6) is 0.258. The van der Waals surface area contributed by atoms with Crippen molar-refractivity contribution in [2.24, 2.45) is 5.92 Å². The van der Waals surface area contributed by atoms with Crippen molar-refractivity contribution in [3.63, 3.8) is 0 Å². The molecule has 2 amide bonds. The first-order valence-electron chi connectivity index (χ1n) is 9.32. The van der Waals surface area contributed by atoms with Gasteiger partial charge in [-0.25, -0.2) is 4.79 Å². The second-order valence-corrected chi connectivity index (χ2v) is 7.41. The molecule has 1 aromatic rings. The quantitative estimate of drug-likeness (QED) is 0.708. The molecule has 1 aliphatic rings. The summed E-state index contributed by atoms with van der Waals surface area (Å²) in [5, 5.41) is 15.4. The van der Waals surface area contributed by atoms with Crippen LogP contribution in [0.2, 0.25) is 0 Å². The lowest BCUT2D eigenvalue weighted by Gasteiger charge is -2.33. The van der Waals surface area contributed by atoms with E-state index in [1.165, 1.54) is 11.1 Å². The van der Waals surface area contributed by atoms with Gasteiger partial charge in [0, 0.05) is 19.1 Å². The Kier molecular flexibility index (Phi) is 7.26. The van der Waals surface area contributed by atoms with Crippen molar-refractivity contribution >= 4 is 6.03 Å². The minimum atomic E-state index is -0.571. The minimum absolute atomic E-state index is 0.0227. The number of nitrogens with one attached hydrogen (secondary N) is 2. The Morgan fingerprint density at radius 1 is 1.36 bits per heavy atom. The van der Waals surface area contributed by atoms with Crippen LogP contribution in [-0.2, 0) is 4.74 Å². The Labute approximate surface area is 151 Å². The van der Waals surface area contributed by atoms with Crippen LogP contribution in [0.4, 0.5) is 4.79 Å². The van der Waals surface area contributed by atoms with Gasteiger partial charge in [0.15, 0.2) is 0 Å². The van der Waals surface area contributed by atoms with Gasteiger partial charge in [-0.3, -0.25) is 0 Å². The van der Waals surface area contributed by atoms with E-state index in [1.807, 2.05) is 13.8 Å².